The Kier molecular flexibility index (Phi) is 4.10. The predicted octanol–water partition coefficient (Wildman–Crippen LogP) is 1.93. The smallest absolute Gasteiger partial charge is 0.115 e. The summed E-state index contributed by atoms with van der Waals surface area (Å²) in [5.74, 6) is 0.164. The molecule has 0 saturated carbocycles. The minimum absolute atomic E-state index is 0.164. The molecule has 1 rings (SSSR count). The molecule has 0 spiro atoms. The summed E-state index contributed by atoms with van der Waals surface area (Å²) in [5.41, 5.74) is -0.464. The molecule has 16 heavy (non-hydrogen) atoms. The van der Waals surface area contributed by atoms with Gasteiger partial charge in [0, 0.05) is 0 Å². The van der Waals surface area contributed by atoms with Gasteiger partial charge in [-0.2, -0.15) is 0 Å². The van der Waals surface area contributed by atoms with E-state index in [2.05, 4.69) is 0 Å². The predicted molar refractivity (Wildman–Crippen MR) is 63.1 cm³/mol. The third kappa shape index (κ3) is 3.36. The second-order valence-corrected chi connectivity index (χ2v) is 4.03. The molecule has 3 heteroatoms. The molecule has 0 saturated heterocycles. The van der Waals surface area contributed by atoms with Gasteiger partial charge in [-0.1, -0.05) is 31.2 Å². The SMILES string of the molecule is CCC(O)C=CC(C)(O)c1ccc(O)cc1. The summed E-state index contributed by atoms with van der Waals surface area (Å²) >= 11 is 0. The number of hydrogen-bond donors (Lipinski definition) is 3. The average molecular weight is 222 g/mol. The van der Waals surface area contributed by atoms with Crippen LogP contribution in [0.15, 0.2) is 36.4 Å². The number of aliphatic hydroxyl groups is 2. The van der Waals surface area contributed by atoms with Crippen LogP contribution in [0.3, 0.4) is 0 Å². The minimum atomic E-state index is -1.14. The third-order valence-electron chi connectivity index (χ3n) is 2.51. The fourth-order valence-corrected chi connectivity index (χ4v) is 1.33. The van der Waals surface area contributed by atoms with Crippen molar-refractivity contribution in [3.05, 3.63) is 42.0 Å². The second-order valence-electron chi connectivity index (χ2n) is 4.03. The molecule has 0 amide bonds. The Bertz CT molecular complexity index is 352. The molecular weight excluding hydrogens is 204 g/mol. The van der Waals surface area contributed by atoms with Crippen molar-refractivity contribution >= 4 is 0 Å². The quantitative estimate of drug-likeness (QED) is 0.682. The lowest BCUT2D eigenvalue weighted by Gasteiger charge is -2.20. The van der Waals surface area contributed by atoms with Gasteiger partial charge in [0.1, 0.15) is 11.4 Å². The number of phenolic OH excluding ortho intramolecular Hbond substituents is 1. The lowest BCUT2D eigenvalue weighted by molar-refractivity contribution is 0.108. The molecule has 0 aliphatic rings. The van der Waals surface area contributed by atoms with Crippen LogP contribution in [0.25, 0.3) is 0 Å². The van der Waals surface area contributed by atoms with Gasteiger partial charge in [0.25, 0.3) is 0 Å². The van der Waals surface area contributed by atoms with Crippen LogP contribution < -0.4 is 0 Å². The maximum absolute atomic E-state index is 10.1. The molecule has 2 unspecified atom stereocenters. The highest BCUT2D eigenvalue weighted by molar-refractivity contribution is 5.32. The van der Waals surface area contributed by atoms with E-state index in [0.717, 1.165) is 0 Å². The topological polar surface area (TPSA) is 60.7 Å². The zero-order valence-electron chi connectivity index (χ0n) is 9.59. The Labute approximate surface area is 95.7 Å². The number of aliphatic hydroxyl groups excluding tert-OH is 1. The third-order valence-corrected chi connectivity index (χ3v) is 2.51. The zero-order valence-corrected chi connectivity index (χ0v) is 9.59. The summed E-state index contributed by atoms with van der Waals surface area (Å²) in [6.45, 7) is 3.50. The van der Waals surface area contributed by atoms with Crippen molar-refractivity contribution in [3.63, 3.8) is 0 Å². The molecule has 0 radical (unpaired) electrons. The van der Waals surface area contributed by atoms with Gasteiger partial charge >= 0.3 is 0 Å². The Morgan fingerprint density at radius 3 is 2.38 bits per heavy atom. The van der Waals surface area contributed by atoms with Gasteiger partial charge in [0.15, 0.2) is 0 Å². The summed E-state index contributed by atoms with van der Waals surface area (Å²) in [6, 6.07) is 6.35. The highest BCUT2D eigenvalue weighted by Gasteiger charge is 2.19. The number of hydrogen-bond acceptors (Lipinski definition) is 3. The standard InChI is InChI=1S/C13H18O3/c1-3-11(14)8-9-13(2,16)10-4-6-12(15)7-5-10/h4-9,11,14-16H,3H2,1-2H3. The van der Waals surface area contributed by atoms with Crippen molar-refractivity contribution in [3.8, 4) is 5.75 Å². The van der Waals surface area contributed by atoms with E-state index in [9.17, 15) is 10.2 Å². The number of aromatic hydroxyl groups is 1. The van der Waals surface area contributed by atoms with Gasteiger partial charge in [0.05, 0.1) is 6.10 Å². The number of benzene rings is 1. The van der Waals surface area contributed by atoms with Crippen LogP contribution in [0.2, 0.25) is 0 Å². The van der Waals surface area contributed by atoms with Gasteiger partial charge in [0.2, 0.25) is 0 Å². The minimum Gasteiger partial charge on any atom is -0.508 e. The van der Waals surface area contributed by atoms with Crippen LogP contribution in [0.1, 0.15) is 25.8 Å². The fraction of sp³-hybridized carbons (Fsp3) is 0.385. The van der Waals surface area contributed by atoms with Crippen LogP contribution in [0.5, 0.6) is 5.75 Å². The van der Waals surface area contributed by atoms with Crippen LogP contribution in [-0.4, -0.2) is 21.4 Å². The molecule has 0 fully saturated rings. The van der Waals surface area contributed by atoms with E-state index in [1.807, 2.05) is 6.92 Å². The molecule has 0 aliphatic carbocycles. The lowest BCUT2D eigenvalue weighted by Crippen LogP contribution is -2.18. The summed E-state index contributed by atoms with van der Waals surface area (Å²) < 4.78 is 0. The molecule has 0 bridgehead atoms. The van der Waals surface area contributed by atoms with E-state index >= 15 is 0 Å². The van der Waals surface area contributed by atoms with Gasteiger partial charge in [-0.05, 0) is 31.0 Å². The largest absolute Gasteiger partial charge is 0.508 e. The van der Waals surface area contributed by atoms with Crippen molar-refractivity contribution in [1.29, 1.82) is 0 Å². The van der Waals surface area contributed by atoms with E-state index in [1.165, 1.54) is 12.1 Å². The first-order chi connectivity index (χ1) is 7.45. The van der Waals surface area contributed by atoms with E-state index in [-0.39, 0.29) is 5.75 Å². The second kappa shape index (κ2) is 5.14. The monoisotopic (exact) mass is 222 g/mol. The van der Waals surface area contributed by atoms with E-state index in [1.54, 1.807) is 31.2 Å². The molecule has 88 valence electrons. The normalized spacial score (nSPS) is 17.2. The highest BCUT2D eigenvalue weighted by Crippen LogP contribution is 2.24. The van der Waals surface area contributed by atoms with Gasteiger partial charge < -0.3 is 15.3 Å². The Morgan fingerprint density at radius 1 is 1.31 bits per heavy atom. The highest BCUT2D eigenvalue weighted by atomic mass is 16.3. The zero-order chi connectivity index (χ0) is 12.2. The van der Waals surface area contributed by atoms with Gasteiger partial charge in [-0.25, -0.2) is 0 Å². The summed E-state index contributed by atoms with van der Waals surface area (Å²) in [6.07, 6.45) is 3.21. The fourth-order valence-electron chi connectivity index (χ4n) is 1.33. The molecule has 1 aromatic carbocycles. The van der Waals surface area contributed by atoms with Crippen molar-refractivity contribution in [2.45, 2.75) is 32.0 Å². The van der Waals surface area contributed by atoms with Crippen LogP contribution >= 0.6 is 0 Å². The lowest BCUT2D eigenvalue weighted by atomic mass is 9.95. The maximum Gasteiger partial charge on any atom is 0.115 e. The molecular formula is C13H18O3. The van der Waals surface area contributed by atoms with Crippen LogP contribution in [0.4, 0.5) is 0 Å². The van der Waals surface area contributed by atoms with E-state index < -0.39 is 11.7 Å². The molecule has 3 nitrogen and oxygen atoms in total. The molecule has 0 aromatic heterocycles. The Balaban J connectivity index is 2.84. The summed E-state index contributed by atoms with van der Waals surface area (Å²) in [5, 5.41) is 28.7. The van der Waals surface area contributed by atoms with Crippen molar-refractivity contribution in [2.75, 3.05) is 0 Å². The maximum atomic E-state index is 10.1. The average Bonchev–Trinajstić information content (AvgIpc) is 2.26. The van der Waals surface area contributed by atoms with E-state index in [0.29, 0.717) is 12.0 Å². The molecule has 2 atom stereocenters. The molecule has 0 aliphatic heterocycles. The van der Waals surface area contributed by atoms with Crippen LogP contribution in [0, 0.1) is 0 Å². The van der Waals surface area contributed by atoms with Crippen molar-refractivity contribution in [1.82, 2.24) is 0 Å². The number of phenols is 1. The molecule has 0 heterocycles. The van der Waals surface area contributed by atoms with Gasteiger partial charge in [-0.3, -0.25) is 0 Å². The van der Waals surface area contributed by atoms with Crippen molar-refractivity contribution in [2.24, 2.45) is 0 Å². The number of rotatable bonds is 4. The Morgan fingerprint density at radius 2 is 1.88 bits per heavy atom. The first-order valence-corrected chi connectivity index (χ1v) is 5.35. The first kappa shape index (κ1) is 12.7. The van der Waals surface area contributed by atoms with Crippen LogP contribution in [-0.2, 0) is 5.60 Å². The van der Waals surface area contributed by atoms with E-state index in [4.69, 9.17) is 5.11 Å². The summed E-state index contributed by atoms with van der Waals surface area (Å²) in [7, 11) is 0. The Hall–Kier alpha value is -1.32. The van der Waals surface area contributed by atoms with Gasteiger partial charge in [-0.15, -0.1) is 0 Å². The molecule has 1 aromatic rings. The molecule has 3 N–H and O–H groups in total. The first-order valence-electron chi connectivity index (χ1n) is 5.35. The van der Waals surface area contributed by atoms with Crippen molar-refractivity contribution < 1.29 is 15.3 Å². The summed E-state index contributed by atoms with van der Waals surface area (Å²) in [4.78, 5) is 0.